The van der Waals surface area contributed by atoms with Gasteiger partial charge in [0.2, 0.25) is 0 Å². The SMILES string of the molecule is O=C(Nc1ccccc1Cl)c1cnc(NCCc2c[nH]c3ccccc23)cn1. The first-order chi connectivity index (χ1) is 13.7. The average molecular weight is 392 g/mol. The van der Waals surface area contributed by atoms with E-state index in [9.17, 15) is 4.79 Å². The number of amides is 1. The van der Waals surface area contributed by atoms with Crippen molar-refractivity contribution < 1.29 is 4.79 Å². The highest BCUT2D eigenvalue weighted by Gasteiger charge is 2.10. The molecular weight excluding hydrogens is 374 g/mol. The Bertz CT molecular complexity index is 1110. The van der Waals surface area contributed by atoms with Crippen LogP contribution in [0.5, 0.6) is 0 Å². The van der Waals surface area contributed by atoms with E-state index in [1.54, 1.807) is 30.5 Å². The summed E-state index contributed by atoms with van der Waals surface area (Å²) in [7, 11) is 0. The highest BCUT2D eigenvalue weighted by atomic mass is 35.5. The minimum Gasteiger partial charge on any atom is -0.368 e. The zero-order valence-corrected chi connectivity index (χ0v) is 15.7. The van der Waals surface area contributed by atoms with Crippen molar-refractivity contribution in [2.75, 3.05) is 17.2 Å². The Morgan fingerprint density at radius 1 is 1.04 bits per heavy atom. The number of fused-ring (bicyclic) bond motifs is 1. The maximum absolute atomic E-state index is 12.3. The molecule has 4 aromatic rings. The lowest BCUT2D eigenvalue weighted by atomic mass is 10.1. The third-order valence-corrected chi connectivity index (χ3v) is 4.71. The number of carbonyl (C=O) groups is 1. The predicted octanol–water partition coefficient (Wildman–Crippen LogP) is 4.52. The lowest BCUT2D eigenvalue weighted by Gasteiger charge is -2.08. The molecule has 7 heteroatoms. The zero-order chi connectivity index (χ0) is 19.3. The Hall–Kier alpha value is -3.38. The van der Waals surface area contributed by atoms with Gasteiger partial charge < -0.3 is 15.6 Å². The molecule has 0 aliphatic heterocycles. The van der Waals surface area contributed by atoms with Gasteiger partial charge in [-0.1, -0.05) is 41.9 Å². The molecule has 2 aromatic heterocycles. The number of nitrogens with zero attached hydrogens (tertiary/aromatic N) is 2. The molecule has 3 N–H and O–H groups in total. The standard InChI is InChI=1S/C21H18ClN5O/c22-16-6-2-4-8-18(16)27-21(28)19-12-26-20(13-25-19)23-10-9-14-11-24-17-7-3-1-5-15(14)17/h1-8,11-13,24H,9-10H2,(H,23,26)(H,27,28). The zero-order valence-electron chi connectivity index (χ0n) is 14.9. The van der Waals surface area contributed by atoms with Crippen molar-refractivity contribution in [3.05, 3.63) is 83.4 Å². The van der Waals surface area contributed by atoms with Crippen LogP contribution in [-0.2, 0) is 6.42 Å². The molecule has 0 aliphatic rings. The number of hydrogen-bond donors (Lipinski definition) is 3. The molecule has 0 fully saturated rings. The molecule has 0 unspecified atom stereocenters. The predicted molar refractivity (Wildman–Crippen MR) is 112 cm³/mol. The Labute approximate surface area is 167 Å². The van der Waals surface area contributed by atoms with Crippen LogP contribution in [0.3, 0.4) is 0 Å². The van der Waals surface area contributed by atoms with E-state index in [4.69, 9.17) is 11.6 Å². The van der Waals surface area contributed by atoms with Gasteiger partial charge >= 0.3 is 0 Å². The summed E-state index contributed by atoms with van der Waals surface area (Å²) >= 11 is 6.05. The fourth-order valence-corrected chi connectivity index (χ4v) is 3.13. The van der Waals surface area contributed by atoms with Gasteiger partial charge in [0.25, 0.3) is 5.91 Å². The monoisotopic (exact) mass is 391 g/mol. The molecule has 1 amide bonds. The van der Waals surface area contributed by atoms with Crippen molar-refractivity contribution in [2.24, 2.45) is 0 Å². The van der Waals surface area contributed by atoms with Crippen molar-refractivity contribution in [1.29, 1.82) is 0 Å². The first-order valence-corrected chi connectivity index (χ1v) is 9.25. The van der Waals surface area contributed by atoms with Gasteiger partial charge in [0.1, 0.15) is 11.5 Å². The molecular formula is C21H18ClN5O. The summed E-state index contributed by atoms with van der Waals surface area (Å²) in [4.78, 5) is 24.0. The molecule has 2 aromatic carbocycles. The quantitative estimate of drug-likeness (QED) is 0.451. The maximum Gasteiger partial charge on any atom is 0.275 e. The van der Waals surface area contributed by atoms with E-state index in [2.05, 4.69) is 37.7 Å². The molecule has 0 saturated heterocycles. The van der Waals surface area contributed by atoms with Gasteiger partial charge in [0, 0.05) is 23.6 Å². The van der Waals surface area contributed by atoms with Crippen LogP contribution < -0.4 is 10.6 Å². The third-order valence-electron chi connectivity index (χ3n) is 4.38. The van der Waals surface area contributed by atoms with E-state index in [1.807, 2.05) is 18.3 Å². The van der Waals surface area contributed by atoms with Crippen LogP contribution in [0.15, 0.2) is 67.1 Å². The number of anilines is 2. The number of halogens is 1. The lowest BCUT2D eigenvalue weighted by molar-refractivity contribution is 0.102. The number of para-hydroxylation sites is 2. The fraction of sp³-hybridized carbons (Fsp3) is 0.0952. The minimum absolute atomic E-state index is 0.224. The average Bonchev–Trinajstić information content (AvgIpc) is 3.13. The molecule has 0 atom stereocenters. The van der Waals surface area contributed by atoms with E-state index in [1.165, 1.54) is 17.1 Å². The van der Waals surface area contributed by atoms with E-state index >= 15 is 0 Å². The largest absolute Gasteiger partial charge is 0.368 e. The Kier molecular flexibility index (Phi) is 5.21. The second-order valence-corrected chi connectivity index (χ2v) is 6.66. The molecule has 0 bridgehead atoms. The van der Waals surface area contributed by atoms with Gasteiger partial charge in [-0.3, -0.25) is 4.79 Å². The normalized spacial score (nSPS) is 10.8. The Balaban J connectivity index is 1.34. The van der Waals surface area contributed by atoms with Crippen LogP contribution in [0.25, 0.3) is 10.9 Å². The van der Waals surface area contributed by atoms with Crippen LogP contribution in [0, 0.1) is 0 Å². The van der Waals surface area contributed by atoms with Crippen molar-refractivity contribution >= 4 is 39.9 Å². The molecule has 0 saturated carbocycles. The van der Waals surface area contributed by atoms with E-state index in [-0.39, 0.29) is 11.6 Å². The summed E-state index contributed by atoms with van der Waals surface area (Å²) in [6.07, 6.45) is 5.87. The van der Waals surface area contributed by atoms with Crippen molar-refractivity contribution in [1.82, 2.24) is 15.0 Å². The van der Waals surface area contributed by atoms with Gasteiger partial charge in [-0.25, -0.2) is 9.97 Å². The number of H-pyrrole nitrogens is 1. The lowest BCUT2D eigenvalue weighted by Crippen LogP contribution is -2.15. The molecule has 4 rings (SSSR count). The second kappa shape index (κ2) is 8.10. The Morgan fingerprint density at radius 2 is 1.86 bits per heavy atom. The van der Waals surface area contributed by atoms with Crippen LogP contribution in [-0.4, -0.2) is 27.4 Å². The number of carbonyl (C=O) groups excluding carboxylic acids is 1. The molecule has 140 valence electrons. The molecule has 0 aliphatic carbocycles. The molecule has 2 heterocycles. The number of aromatic nitrogens is 3. The highest BCUT2D eigenvalue weighted by molar-refractivity contribution is 6.33. The summed E-state index contributed by atoms with van der Waals surface area (Å²) in [6.45, 7) is 0.710. The Morgan fingerprint density at radius 3 is 2.68 bits per heavy atom. The van der Waals surface area contributed by atoms with Crippen molar-refractivity contribution in [3.63, 3.8) is 0 Å². The van der Waals surface area contributed by atoms with Gasteiger partial charge in [0.05, 0.1) is 23.1 Å². The highest BCUT2D eigenvalue weighted by Crippen LogP contribution is 2.21. The number of benzene rings is 2. The van der Waals surface area contributed by atoms with E-state index < -0.39 is 0 Å². The summed E-state index contributed by atoms with van der Waals surface area (Å²) in [6, 6.07) is 15.3. The van der Waals surface area contributed by atoms with Crippen molar-refractivity contribution in [2.45, 2.75) is 6.42 Å². The first-order valence-electron chi connectivity index (χ1n) is 8.87. The minimum atomic E-state index is -0.356. The van der Waals surface area contributed by atoms with Crippen LogP contribution >= 0.6 is 11.6 Å². The summed E-state index contributed by atoms with van der Waals surface area (Å²) in [5, 5.41) is 7.66. The van der Waals surface area contributed by atoms with E-state index in [0.29, 0.717) is 23.1 Å². The van der Waals surface area contributed by atoms with Gasteiger partial charge in [-0.05, 0) is 30.2 Å². The van der Waals surface area contributed by atoms with E-state index in [0.717, 1.165) is 11.9 Å². The second-order valence-electron chi connectivity index (χ2n) is 6.26. The van der Waals surface area contributed by atoms with Crippen LogP contribution in [0.1, 0.15) is 16.1 Å². The smallest absolute Gasteiger partial charge is 0.275 e. The summed E-state index contributed by atoms with van der Waals surface area (Å²) in [5.41, 5.74) is 3.14. The third kappa shape index (κ3) is 3.97. The number of aromatic amines is 1. The van der Waals surface area contributed by atoms with Crippen molar-refractivity contribution in [3.8, 4) is 0 Å². The fourth-order valence-electron chi connectivity index (χ4n) is 2.95. The maximum atomic E-state index is 12.3. The molecule has 0 spiro atoms. The summed E-state index contributed by atoms with van der Waals surface area (Å²) < 4.78 is 0. The molecule has 6 nitrogen and oxygen atoms in total. The number of hydrogen-bond acceptors (Lipinski definition) is 4. The summed E-state index contributed by atoms with van der Waals surface area (Å²) in [5.74, 6) is 0.264. The first kappa shape index (κ1) is 18.0. The number of nitrogens with one attached hydrogen (secondary N) is 3. The molecule has 0 radical (unpaired) electrons. The molecule has 28 heavy (non-hydrogen) atoms. The van der Waals surface area contributed by atoms with Gasteiger partial charge in [-0.2, -0.15) is 0 Å². The van der Waals surface area contributed by atoms with Gasteiger partial charge in [-0.15, -0.1) is 0 Å². The van der Waals surface area contributed by atoms with Crippen LogP contribution in [0.2, 0.25) is 5.02 Å². The topological polar surface area (TPSA) is 82.7 Å². The van der Waals surface area contributed by atoms with Gasteiger partial charge in [0.15, 0.2) is 0 Å². The number of rotatable bonds is 6. The van der Waals surface area contributed by atoms with Crippen LogP contribution in [0.4, 0.5) is 11.5 Å².